The van der Waals surface area contributed by atoms with Crippen molar-refractivity contribution in [3.8, 4) is 0 Å². The molecule has 20 heavy (non-hydrogen) atoms. The second kappa shape index (κ2) is 4.08. The first-order valence-electron chi connectivity index (χ1n) is 5.77. The first kappa shape index (κ1) is 12.2. The smallest absolute Gasteiger partial charge is 0.307 e. The Morgan fingerprint density at radius 2 is 2.20 bits per heavy atom. The van der Waals surface area contributed by atoms with Crippen LogP contribution < -0.4 is 5.56 Å². The molecule has 0 fully saturated rings. The van der Waals surface area contributed by atoms with Crippen LogP contribution in [0.4, 0.5) is 10.1 Å². The fraction of sp³-hybridized carbons (Fsp3) is 0.182. The lowest BCUT2D eigenvalue weighted by Gasteiger charge is -2.04. The van der Waals surface area contributed by atoms with E-state index < -0.39 is 22.0 Å². The summed E-state index contributed by atoms with van der Waals surface area (Å²) in [6, 6.07) is 1.99. The maximum Gasteiger partial charge on any atom is 0.307 e. The van der Waals surface area contributed by atoms with Crippen LogP contribution in [0.2, 0.25) is 0 Å². The molecule has 3 rings (SSSR count). The van der Waals surface area contributed by atoms with Crippen molar-refractivity contribution in [3.63, 3.8) is 0 Å². The number of H-pyrrole nitrogens is 1. The van der Waals surface area contributed by atoms with Gasteiger partial charge in [-0.15, -0.1) is 10.2 Å². The standard InChI is InChI=1S/C11H8FN5O3/c1-2-9-14-15-10-11(18)13-6-4-7(17(19)20)5(12)3-8(6)16(9)10/h3-4H,2H2,1H3,(H,13,18). The quantitative estimate of drug-likeness (QED) is 0.559. The molecule has 8 nitrogen and oxygen atoms in total. The summed E-state index contributed by atoms with van der Waals surface area (Å²) in [5.74, 6) is -0.504. The van der Waals surface area contributed by atoms with Crippen LogP contribution in [0.1, 0.15) is 12.7 Å². The largest absolute Gasteiger partial charge is 0.317 e. The highest BCUT2D eigenvalue weighted by molar-refractivity contribution is 5.80. The van der Waals surface area contributed by atoms with Crippen molar-refractivity contribution in [2.24, 2.45) is 0 Å². The monoisotopic (exact) mass is 277 g/mol. The molecule has 1 aromatic carbocycles. The first-order chi connectivity index (χ1) is 9.52. The summed E-state index contributed by atoms with van der Waals surface area (Å²) in [4.78, 5) is 24.2. The van der Waals surface area contributed by atoms with Crippen LogP contribution in [0.3, 0.4) is 0 Å². The van der Waals surface area contributed by atoms with Crippen molar-refractivity contribution < 1.29 is 9.31 Å². The van der Waals surface area contributed by atoms with Crippen molar-refractivity contribution in [1.29, 1.82) is 0 Å². The number of fused-ring (bicyclic) bond motifs is 3. The lowest BCUT2D eigenvalue weighted by molar-refractivity contribution is -0.387. The van der Waals surface area contributed by atoms with E-state index in [9.17, 15) is 19.3 Å². The molecule has 102 valence electrons. The second-order valence-electron chi connectivity index (χ2n) is 4.16. The lowest BCUT2D eigenvalue weighted by atomic mass is 10.2. The van der Waals surface area contributed by atoms with Crippen molar-refractivity contribution in [3.05, 3.63) is 44.2 Å². The minimum atomic E-state index is -0.980. The molecule has 0 bridgehead atoms. The van der Waals surface area contributed by atoms with Gasteiger partial charge in [0, 0.05) is 18.6 Å². The van der Waals surface area contributed by atoms with Gasteiger partial charge in [-0.2, -0.15) is 4.39 Å². The van der Waals surface area contributed by atoms with Crippen LogP contribution >= 0.6 is 0 Å². The van der Waals surface area contributed by atoms with Crippen LogP contribution in [-0.4, -0.2) is 24.5 Å². The zero-order valence-electron chi connectivity index (χ0n) is 10.3. The Bertz CT molecular complexity index is 914. The predicted octanol–water partition coefficient (Wildman–Crippen LogP) is 1.18. The van der Waals surface area contributed by atoms with E-state index in [4.69, 9.17) is 0 Å². The number of aryl methyl sites for hydroxylation is 1. The van der Waals surface area contributed by atoms with Crippen LogP contribution in [0, 0.1) is 15.9 Å². The molecule has 0 aliphatic heterocycles. The number of aromatic nitrogens is 4. The topological polar surface area (TPSA) is 106 Å². The molecule has 0 aliphatic rings. The van der Waals surface area contributed by atoms with Crippen molar-refractivity contribution in [2.45, 2.75) is 13.3 Å². The molecule has 9 heteroatoms. The van der Waals surface area contributed by atoms with Gasteiger partial charge in [0.05, 0.1) is 16.0 Å². The number of benzene rings is 1. The average Bonchev–Trinajstić information content (AvgIpc) is 2.83. The van der Waals surface area contributed by atoms with E-state index >= 15 is 0 Å². The predicted molar refractivity (Wildman–Crippen MR) is 67.1 cm³/mol. The zero-order valence-corrected chi connectivity index (χ0v) is 10.3. The summed E-state index contributed by atoms with van der Waals surface area (Å²) in [6.07, 6.45) is 0.484. The van der Waals surface area contributed by atoms with Gasteiger partial charge in [-0.1, -0.05) is 6.92 Å². The Labute approximate surface area is 110 Å². The SMILES string of the molecule is CCc1nnc2c(=O)[nH]c3cc([N+](=O)[O-])c(F)cc3n12. The second-order valence-corrected chi connectivity index (χ2v) is 4.16. The van der Waals surface area contributed by atoms with E-state index in [0.29, 0.717) is 12.2 Å². The Balaban J connectivity index is 2.54. The molecule has 3 aromatic rings. The van der Waals surface area contributed by atoms with E-state index in [1.54, 1.807) is 0 Å². The van der Waals surface area contributed by atoms with E-state index in [0.717, 1.165) is 12.1 Å². The molecule has 1 N–H and O–H groups in total. The van der Waals surface area contributed by atoms with Gasteiger partial charge >= 0.3 is 5.69 Å². The summed E-state index contributed by atoms with van der Waals surface area (Å²) in [5.41, 5.74) is -0.763. The number of rotatable bonds is 2. The van der Waals surface area contributed by atoms with Gasteiger partial charge in [-0.25, -0.2) is 0 Å². The van der Waals surface area contributed by atoms with E-state index in [1.807, 2.05) is 6.92 Å². The molecule has 0 unspecified atom stereocenters. The van der Waals surface area contributed by atoms with Gasteiger partial charge < -0.3 is 4.98 Å². The van der Waals surface area contributed by atoms with Gasteiger partial charge in [0.2, 0.25) is 11.5 Å². The van der Waals surface area contributed by atoms with Crippen LogP contribution in [0.5, 0.6) is 0 Å². The highest BCUT2D eigenvalue weighted by Crippen LogP contribution is 2.23. The number of hydrogen-bond donors (Lipinski definition) is 1. The van der Waals surface area contributed by atoms with Gasteiger partial charge in [0.15, 0.2) is 0 Å². The molecule has 0 saturated heterocycles. The summed E-state index contributed by atoms with van der Waals surface area (Å²) < 4.78 is 15.2. The molecule has 0 spiro atoms. The normalized spacial score (nSPS) is 11.3. The Morgan fingerprint density at radius 1 is 1.45 bits per heavy atom. The molecule has 0 atom stereocenters. The van der Waals surface area contributed by atoms with Crippen molar-refractivity contribution in [2.75, 3.05) is 0 Å². The molecular weight excluding hydrogens is 269 g/mol. The Hall–Kier alpha value is -2.84. The lowest BCUT2D eigenvalue weighted by Crippen LogP contribution is -2.12. The highest BCUT2D eigenvalue weighted by atomic mass is 19.1. The third kappa shape index (κ3) is 1.56. The number of aromatic amines is 1. The van der Waals surface area contributed by atoms with Gasteiger partial charge in [-0.05, 0) is 0 Å². The van der Waals surface area contributed by atoms with E-state index in [1.165, 1.54) is 4.40 Å². The number of nitrogens with one attached hydrogen (secondary N) is 1. The number of nitro benzene ring substituents is 1. The third-order valence-electron chi connectivity index (χ3n) is 3.00. The minimum absolute atomic E-state index is 0.0302. The minimum Gasteiger partial charge on any atom is -0.317 e. The van der Waals surface area contributed by atoms with Crippen molar-refractivity contribution in [1.82, 2.24) is 19.6 Å². The zero-order chi connectivity index (χ0) is 14.4. The van der Waals surface area contributed by atoms with Gasteiger partial charge in [-0.3, -0.25) is 19.3 Å². The van der Waals surface area contributed by atoms with Crippen LogP contribution in [0.15, 0.2) is 16.9 Å². The number of nitrogens with zero attached hydrogens (tertiary/aromatic N) is 4. The number of nitro groups is 1. The molecule has 0 radical (unpaired) electrons. The summed E-state index contributed by atoms with van der Waals surface area (Å²) >= 11 is 0. The van der Waals surface area contributed by atoms with Crippen LogP contribution in [0.25, 0.3) is 16.7 Å². The summed E-state index contributed by atoms with van der Waals surface area (Å²) in [6.45, 7) is 1.81. The average molecular weight is 277 g/mol. The number of hydrogen-bond acceptors (Lipinski definition) is 5. The van der Waals surface area contributed by atoms with Gasteiger partial charge in [0.25, 0.3) is 5.56 Å². The Kier molecular flexibility index (Phi) is 2.49. The molecular formula is C11H8FN5O3. The van der Waals surface area contributed by atoms with E-state index in [2.05, 4.69) is 15.2 Å². The molecule has 0 amide bonds. The fourth-order valence-corrected chi connectivity index (χ4v) is 2.10. The molecule has 0 aliphatic carbocycles. The van der Waals surface area contributed by atoms with Crippen LogP contribution in [-0.2, 0) is 6.42 Å². The molecule has 2 heterocycles. The van der Waals surface area contributed by atoms with Gasteiger partial charge in [0.1, 0.15) is 5.82 Å². The summed E-state index contributed by atoms with van der Waals surface area (Å²) in [5, 5.41) is 18.3. The van der Waals surface area contributed by atoms with Crippen molar-refractivity contribution >= 4 is 22.4 Å². The molecule has 2 aromatic heterocycles. The number of halogens is 1. The molecule has 0 saturated carbocycles. The summed E-state index contributed by atoms with van der Waals surface area (Å²) in [7, 11) is 0. The first-order valence-corrected chi connectivity index (χ1v) is 5.77. The maximum absolute atomic E-state index is 13.8. The Morgan fingerprint density at radius 3 is 2.85 bits per heavy atom. The fourth-order valence-electron chi connectivity index (χ4n) is 2.10. The highest BCUT2D eigenvalue weighted by Gasteiger charge is 2.19. The third-order valence-corrected chi connectivity index (χ3v) is 3.00. The maximum atomic E-state index is 13.8. The van der Waals surface area contributed by atoms with E-state index in [-0.39, 0.29) is 16.7 Å².